The molecule has 0 atom stereocenters. The highest BCUT2D eigenvalue weighted by atomic mass is 127. The molecule has 0 saturated heterocycles. The summed E-state index contributed by atoms with van der Waals surface area (Å²) in [4.78, 5) is 11.2. The Kier molecular flexibility index (Phi) is 4.48. The van der Waals surface area contributed by atoms with Crippen LogP contribution in [-0.4, -0.2) is 16.5 Å². The molecule has 0 bridgehead atoms. The molecular formula is C16H10I2N2O. The van der Waals surface area contributed by atoms with E-state index in [4.69, 9.17) is 0 Å². The SMILES string of the molecule is O=Cc1nnc(Cc2ccccc2)c2ccc(I)c(I)c12. The van der Waals surface area contributed by atoms with Crippen LogP contribution in [0.4, 0.5) is 0 Å². The van der Waals surface area contributed by atoms with Crippen molar-refractivity contribution in [3.05, 3.63) is 66.6 Å². The topological polar surface area (TPSA) is 42.9 Å². The van der Waals surface area contributed by atoms with E-state index in [1.165, 1.54) is 5.56 Å². The number of rotatable bonds is 3. The highest BCUT2D eigenvalue weighted by Gasteiger charge is 2.14. The largest absolute Gasteiger partial charge is 0.296 e. The maximum Gasteiger partial charge on any atom is 0.171 e. The molecule has 5 heteroatoms. The summed E-state index contributed by atoms with van der Waals surface area (Å²) < 4.78 is 2.17. The smallest absolute Gasteiger partial charge is 0.171 e. The van der Waals surface area contributed by atoms with Crippen molar-refractivity contribution in [1.82, 2.24) is 10.2 Å². The van der Waals surface area contributed by atoms with Gasteiger partial charge in [-0.05, 0) is 56.8 Å². The van der Waals surface area contributed by atoms with Crippen molar-refractivity contribution in [3.63, 3.8) is 0 Å². The first-order valence-electron chi connectivity index (χ1n) is 6.33. The van der Waals surface area contributed by atoms with Crippen LogP contribution in [0.25, 0.3) is 10.8 Å². The number of benzene rings is 2. The minimum absolute atomic E-state index is 0.407. The van der Waals surface area contributed by atoms with E-state index in [2.05, 4.69) is 73.6 Å². The molecule has 0 aliphatic rings. The second-order valence-electron chi connectivity index (χ2n) is 4.60. The number of nitrogens with zero attached hydrogens (tertiary/aromatic N) is 2. The third kappa shape index (κ3) is 2.94. The Morgan fingerprint density at radius 1 is 1.00 bits per heavy atom. The molecular weight excluding hydrogens is 490 g/mol. The second-order valence-corrected chi connectivity index (χ2v) is 6.84. The molecule has 0 fully saturated rings. The first kappa shape index (κ1) is 14.8. The van der Waals surface area contributed by atoms with Gasteiger partial charge in [0.1, 0.15) is 5.69 Å². The maximum absolute atomic E-state index is 11.2. The Hall–Kier alpha value is -1.09. The van der Waals surface area contributed by atoms with Crippen LogP contribution in [0, 0.1) is 7.14 Å². The summed E-state index contributed by atoms with van der Waals surface area (Å²) in [6.45, 7) is 0. The highest BCUT2D eigenvalue weighted by Crippen LogP contribution is 2.29. The van der Waals surface area contributed by atoms with Gasteiger partial charge in [-0.3, -0.25) is 4.79 Å². The number of carbonyl (C=O) groups excluding carboxylic acids is 1. The lowest BCUT2D eigenvalue weighted by molar-refractivity contribution is 0.111. The zero-order valence-corrected chi connectivity index (χ0v) is 15.2. The summed E-state index contributed by atoms with van der Waals surface area (Å²) in [5.74, 6) is 0. The lowest BCUT2D eigenvalue weighted by atomic mass is 10.0. The number of halogens is 2. The average molecular weight is 500 g/mol. The van der Waals surface area contributed by atoms with Gasteiger partial charge in [-0.15, -0.1) is 5.10 Å². The fourth-order valence-corrected chi connectivity index (χ4v) is 3.46. The summed E-state index contributed by atoms with van der Waals surface area (Å²) in [7, 11) is 0. The molecule has 3 nitrogen and oxygen atoms in total. The molecule has 21 heavy (non-hydrogen) atoms. The van der Waals surface area contributed by atoms with Gasteiger partial charge in [-0.2, -0.15) is 5.10 Å². The molecule has 2 aromatic carbocycles. The third-order valence-corrected chi connectivity index (χ3v) is 6.32. The fraction of sp³-hybridized carbons (Fsp3) is 0.0625. The summed E-state index contributed by atoms with van der Waals surface area (Å²) in [6.07, 6.45) is 1.49. The molecule has 0 spiro atoms. The van der Waals surface area contributed by atoms with Crippen molar-refractivity contribution in [3.8, 4) is 0 Å². The van der Waals surface area contributed by atoms with E-state index < -0.39 is 0 Å². The lowest BCUT2D eigenvalue weighted by Gasteiger charge is -2.09. The van der Waals surface area contributed by atoms with Crippen LogP contribution >= 0.6 is 45.2 Å². The zero-order chi connectivity index (χ0) is 14.8. The molecule has 0 aliphatic heterocycles. The molecule has 3 rings (SSSR count). The molecule has 104 valence electrons. The van der Waals surface area contributed by atoms with Gasteiger partial charge in [0.2, 0.25) is 0 Å². The average Bonchev–Trinajstić information content (AvgIpc) is 2.52. The van der Waals surface area contributed by atoms with Crippen LogP contribution in [0.5, 0.6) is 0 Å². The number of aldehydes is 1. The Balaban J connectivity index is 2.21. The molecule has 3 aromatic rings. The first-order chi connectivity index (χ1) is 10.2. The van der Waals surface area contributed by atoms with Crippen LogP contribution in [0.2, 0.25) is 0 Å². The van der Waals surface area contributed by atoms with Crippen LogP contribution in [0.15, 0.2) is 42.5 Å². The van der Waals surface area contributed by atoms with E-state index in [-0.39, 0.29) is 0 Å². The predicted octanol–water partition coefficient (Wildman–Crippen LogP) is 4.24. The second kappa shape index (κ2) is 6.35. The van der Waals surface area contributed by atoms with Gasteiger partial charge >= 0.3 is 0 Å². The van der Waals surface area contributed by atoms with E-state index in [0.29, 0.717) is 12.1 Å². The molecule has 0 saturated carbocycles. The van der Waals surface area contributed by atoms with E-state index in [1.54, 1.807) is 0 Å². The summed E-state index contributed by atoms with van der Waals surface area (Å²) in [6, 6.07) is 14.2. The molecule has 0 unspecified atom stereocenters. The van der Waals surface area contributed by atoms with Gasteiger partial charge in [0.15, 0.2) is 6.29 Å². The fourth-order valence-electron chi connectivity index (χ4n) is 2.26. The van der Waals surface area contributed by atoms with Gasteiger partial charge < -0.3 is 0 Å². The third-order valence-electron chi connectivity index (χ3n) is 3.27. The van der Waals surface area contributed by atoms with Crippen LogP contribution in [0.3, 0.4) is 0 Å². The van der Waals surface area contributed by atoms with E-state index in [1.807, 2.05) is 24.3 Å². The first-order valence-corrected chi connectivity index (χ1v) is 8.49. The van der Waals surface area contributed by atoms with Crippen molar-refractivity contribution in [2.75, 3.05) is 0 Å². The minimum Gasteiger partial charge on any atom is -0.296 e. The van der Waals surface area contributed by atoms with E-state index in [0.717, 1.165) is 29.9 Å². The number of hydrogen-bond donors (Lipinski definition) is 0. The zero-order valence-electron chi connectivity index (χ0n) is 10.9. The van der Waals surface area contributed by atoms with Gasteiger partial charge in [0.05, 0.1) is 5.69 Å². The maximum atomic E-state index is 11.2. The molecule has 0 amide bonds. The molecule has 0 radical (unpaired) electrons. The van der Waals surface area contributed by atoms with Crippen LogP contribution in [0.1, 0.15) is 21.7 Å². The van der Waals surface area contributed by atoms with Crippen molar-refractivity contribution in [1.29, 1.82) is 0 Å². The van der Waals surface area contributed by atoms with Gasteiger partial charge in [-0.1, -0.05) is 36.4 Å². The van der Waals surface area contributed by atoms with Gasteiger partial charge in [0, 0.05) is 24.3 Å². The summed E-state index contributed by atoms with van der Waals surface area (Å²) in [5.41, 5.74) is 2.49. The van der Waals surface area contributed by atoms with Crippen molar-refractivity contribution < 1.29 is 4.79 Å². The van der Waals surface area contributed by atoms with E-state index >= 15 is 0 Å². The lowest BCUT2D eigenvalue weighted by Crippen LogP contribution is -2.03. The molecule has 0 aliphatic carbocycles. The van der Waals surface area contributed by atoms with Gasteiger partial charge in [-0.25, -0.2) is 0 Å². The summed E-state index contributed by atoms with van der Waals surface area (Å²) in [5, 5.41) is 10.3. The Morgan fingerprint density at radius 3 is 2.48 bits per heavy atom. The standard InChI is InChI=1S/C16H10I2N2O/c17-12-7-6-11-13(8-10-4-2-1-3-5-10)19-20-14(9-21)15(11)16(12)18/h1-7,9H,8H2. The molecule has 1 aromatic heterocycles. The normalized spacial score (nSPS) is 10.8. The van der Waals surface area contributed by atoms with E-state index in [9.17, 15) is 4.79 Å². The van der Waals surface area contributed by atoms with Crippen molar-refractivity contribution in [2.24, 2.45) is 0 Å². The Labute approximate surface area is 149 Å². The molecule has 1 heterocycles. The predicted molar refractivity (Wildman–Crippen MR) is 99.6 cm³/mol. The minimum atomic E-state index is 0.407. The van der Waals surface area contributed by atoms with Crippen LogP contribution in [-0.2, 0) is 6.42 Å². The van der Waals surface area contributed by atoms with Crippen molar-refractivity contribution >= 4 is 62.2 Å². The summed E-state index contributed by atoms with van der Waals surface area (Å²) >= 11 is 4.53. The number of carbonyl (C=O) groups is 1. The molecule has 0 N–H and O–H groups in total. The number of aromatic nitrogens is 2. The monoisotopic (exact) mass is 500 g/mol. The number of fused-ring (bicyclic) bond motifs is 1. The number of hydrogen-bond acceptors (Lipinski definition) is 3. The quantitative estimate of drug-likeness (QED) is 0.400. The van der Waals surface area contributed by atoms with Crippen molar-refractivity contribution in [2.45, 2.75) is 6.42 Å². The van der Waals surface area contributed by atoms with Crippen LogP contribution < -0.4 is 0 Å². The van der Waals surface area contributed by atoms with Gasteiger partial charge in [0.25, 0.3) is 0 Å². The highest BCUT2D eigenvalue weighted by molar-refractivity contribution is 14.1. The Morgan fingerprint density at radius 2 is 1.76 bits per heavy atom. The Bertz CT molecular complexity index is 819.